The Hall–Kier alpha value is -1.20. The summed E-state index contributed by atoms with van der Waals surface area (Å²) in [5.74, 6) is -0.0452. The molecule has 0 amide bonds. The third-order valence-electron chi connectivity index (χ3n) is 1.99. The van der Waals surface area contributed by atoms with E-state index in [2.05, 4.69) is 4.74 Å². The molecule has 84 valence electrons. The summed E-state index contributed by atoms with van der Waals surface area (Å²) in [6.45, 7) is -2.01. The van der Waals surface area contributed by atoms with Gasteiger partial charge in [0, 0.05) is 0 Å². The Balaban J connectivity index is 2.92. The second-order valence-electron chi connectivity index (χ2n) is 3.34. The number of aliphatic hydroxyl groups is 2. The standard InChI is InChI=1S/C10H12F2O3/c1-10(14,6-13)7-3-2-4-8(5-7)15-9(11)12/h2-5,9,13-14H,6H2,1H3. The van der Waals surface area contributed by atoms with E-state index in [1.165, 1.54) is 31.2 Å². The third kappa shape index (κ3) is 3.14. The maximum Gasteiger partial charge on any atom is 0.387 e. The molecule has 0 heterocycles. The van der Waals surface area contributed by atoms with Crippen molar-refractivity contribution < 1.29 is 23.7 Å². The Morgan fingerprint density at radius 1 is 1.47 bits per heavy atom. The summed E-state index contributed by atoms with van der Waals surface area (Å²) in [5, 5.41) is 18.5. The number of hydrogen-bond donors (Lipinski definition) is 2. The highest BCUT2D eigenvalue weighted by molar-refractivity contribution is 5.32. The molecule has 0 saturated heterocycles. The SMILES string of the molecule is CC(O)(CO)c1cccc(OC(F)F)c1. The average Bonchev–Trinajstić information content (AvgIpc) is 2.17. The average molecular weight is 218 g/mol. The van der Waals surface area contributed by atoms with Crippen LogP contribution in [0.2, 0.25) is 0 Å². The van der Waals surface area contributed by atoms with Crippen molar-refractivity contribution in [1.82, 2.24) is 0 Å². The van der Waals surface area contributed by atoms with Gasteiger partial charge in [-0.25, -0.2) is 0 Å². The first-order chi connectivity index (χ1) is 6.95. The van der Waals surface area contributed by atoms with E-state index in [-0.39, 0.29) is 5.75 Å². The van der Waals surface area contributed by atoms with Gasteiger partial charge in [-0.15, -0.1) is 0 Å². The van der Waals surface area contributed by atoms with Gasteiger partial charge in [0.15, 0.2) is 0 Å². The van der Waals surface area contributed by atoms with Gasteiger partial charge in [0.2, 0.25) is 0 Å². The smallest absolute Gasteiger partial charge is 0.387 e. The topological polar surface area (TPSA) is 49.7 Å². The van der Waals surface area contributed by atoms with Crippen LogP contribution in [-0.4, -0.2) is 23.4 Å². The van der Waals surface area contributed by atoms with Gasteiger partial charge < -0.3 is 14.9 Å². The van der Waals surface area contributed by atoms with Crippen LogP contribution in [0.5, 0.6) is 5.75 Å². The van der Waals surface area contributed by atoms with Crippen LogP contribution < -0.4 is 4.74 Å². The Kier molecular flexibility index (Phi) is 3.60. The first-order valence-electron chi connectivity index (χ1n) is 4.34. The predicted molar refractivity (Wildman–Crippen MR) is 49.7 cm³/mol. The van der Waals surface area contributed by atoms with Crippen molar-refractivity contribution in [3.05, 3.63) is 29.8 Å². The molecule has 0 aliphatic carbocycles. The van der Waals surface area contributed by atoms with Crippen LogP contribution in [0.1, 0.15) is 12.5 Å². The lowest BCUT2D eigenvalue weighted by atomic mass is 9.97. The first kappa shape index (κ1) is 11.9. The summed E-state index contributed by atoms with van der Waals surface area (Å²) < 4.78 is 28.0. The minimum Gasteiger partial charge on any atom is -0.435 e. The molecule has 0 bridgehead atoms. The molecule has 0 saturated carbocycles. The van der Waals surface area contributed by atoms with Crippen LogP contribution in [0.15, 0.2) is 24.3 Å². The van der Waals surface area contributed by atoms with Gasteiger partial charge in [0.05, 0.1) is 6.61 Å². The number of aliphatic hydroxyl groups excluding tert-OH is 1. The quantitative estimate of drug-likeness (QED) is 0.804. The molecule has 0 aromatic heterocycles. The lowest BCUT2D eigenvalue weighted by Gasteiger charge is -2.21. The zero-order valence-corrected chi connectivity index (χ0v) is 8.15. The van der Waals surface area contributed by atoms with Gasteiger partial charge in [-0.2, -0.15) is 8.78 Å². The first-order valence-corrected chi connectivity index (χ1v) is 4.34. The van der Waals surface area contributed by atoms with Crippen molar-refractivity contribution in [2.45, 2.75) is 19.1 Å². The van der Waals surface area contributed by atoms with E-state index < -0.39 is 18.8 Å². The fraction of sp³-hybridized carbons (Fsp3) is 0.400. The molecule has 0 radical (unpaired) electrons. The van der Waals surface area contributed by atoms with Gasteiger partial charge in [-0.1, -0.05) is 12.1 Å². The fourth-order valence-electron chi connectivity index (χ4n) is 1.10. The van der Waals surface area contributed by atoms with Crippen LogP contribution in [0.25, 0.3) is 0 Å². The minimum atomic E-state index is -2.90. The molecule has 15 heavy (non-hydrogen) atoms. The summed E-state index contributed by atoms with van der Waals surface area (Å²) in [6.07, 6.45) is 0. The van der Waals surface area contributed by atoms with Crippen LogP contribution in [0, 0.1) is 0 Å². The molecule has 1 rings (SSSR count). The second-order valence-corrected chi connectivity index (χ2v) is 3.34. The highest BCUT2D eigenvalue weighted by atomic mass is 19.3. The lowest BCUT2D eigenvalue weighted by molar-refractivity contribution is -0.0505. The van der Waals surface area contributed by atoms with E-state index in [0.29, 0.717) is 5.56 Å². The number of ether oxygens (including phenoxy) is 1. The molecule has 1 atom stereocenters. The monoisotopic (exact) mass is 218 g/mol. The second kappa shape index (κ2) is 4.55. The van der Waals surface area contributed by atoms with Crippen LogP contribution in [-0.2, 0) is 5.60 Å². The summed E-state index contributed by atoms with van der Waals surface area (Å²) in [4.78, 5) is 0. The molecular formula is C10H12F2O3. The van der Waals surface area contributed by atoms with Crippen molar-refractivity contribution in [1.29, 1.82) is 0 Å². The summed E-state index contributed by atoms with van der Waals surface area (Å²) in [6, 6.07) is 5.61. The molecule has 0 fully saturated rings. The number of rotatable bonds is 4. The van der Waals surface area contributed by atoms with Crippen LogP contribution in [0.3, 0.4) is 0 Å². The van der Waals surface area contributed by atoms with E-state index >= 15 is 0 Å². The summed E-state index contributed by atoms with van der Waals surface area (Å²) in [7, 11) is 0. The number of hydrogen-bond acceptors (Lipinski definition) is 3. The Morgan fingerprint density at radius 2 is 2.13 bits per heavy atom. The largest absolute Gasteiger partial charge is 0.435 e. The van der Waals surface area contributed by atoms with Crippen molar-refractivity contribution in [2.24, 2.45) is 0 Å². The maximum atomic E-state index is 11.9. The molecule has 0 aliphatic rings. The Morgan fingerprint density at radius 3 is 2.67 bits per heavy atom. The zero-order chi connectivity index (χ0) is 11.5. The molecular weight excluding hydrogens is 206 g/mol. The van der Waals surface area contributed by atoms with E-state index in [1.807, 2.05) is 0 Å². The minimum absolute atomic E-state index is 0.0452. The van der Waals surface area contributed by atoms with Crippen molar-refractivity contribution >= 4 is 0 Å². The van der Waals surface area contributed by atoms with Gasteiger partial charge in [0.1, 0.15) is 11.4 Å². The third-order valence-corrected chi connectivity index (χ3v) is 1.99. The van der Waals surface area contributed by atoms with Gasteiger partial charge in [-0.3, -0.25) is 0 Å². The van der Waals surface area contributed by atoms with Gasteiger partial charge in [0.25, 0.3) is 0 Å². The molecule has 0 spiro atoms. The molecule has 5 heteroatoms. The Bertz CT molecular complexity index is 326. The number of halogens is 2. The molecule has 1 unspecified atom stereocenters. The zero-order valence-electron chi connectivity index (χ0n) is 8.15. The molecule has 1 aromatic carbocycles. The molecule has 2 N–H and O–H groups in total. The molecule has 0 aliphatic heterocycles. The Labute approximate surface area is 85.9 Å². The number of alkyl halides is 2. The molecule has 1 aromatic rings. The van der Waals surface area contributed by atoms with E-state index in [0.717, 1.165) is 0 Å². The normalized spacial score (nSPS) is 15.1. The number of benzene rings is 1. The van der Waals surface area contributed by atoms with Crippen LogP contribution >= 0.6 is 0 Å². The maximum absolute atomic E-state index is 11.9. The van der Waals surface area contributed by atoms with Gasteiger partial charge >= 0.3 is 6.61 Å². The molecule has 3 nitrogen and oxygen atoms in total. The van der Waals surface area contributed by atoms with E-state index in [4.69, 9.17) is 5.11 Å². The highest BCUT2D eigenvalue weighted by Gasteiger charge is 2.22. The van der Waals surface area contributed by atoms with E-state index in [1.54, 1.807) is 0 Å². The summed E-state index contributed by atoms with van der Waals surface area (Å²) in [5.41, 5.74) is -1.13. The van der Waals surface area contributed by atoms with Crippen LogP contribution in [0.4, 0.5) is 8.78 Å². The summed E-state index contributed by atoms with van der Waals surface area (Å²) >= 11 is 0. The highest BCUT2D eigenvalue weighted by Crippen LogP contribution is 2.24. The predicted octanol–water partition coefficient (Wildman–Crippen LogP) is 1.49. The van der Waals surface area contributed by atoms with Crippen molar-refractivity contribution in [3.8, 4) is 5.75 Å². The van der Waals surface area contributed by atoms with Crippen molar-refractivity contribution in [3.63, 3.8) is 0 Å². The van der Waals surface area contributed by atoms with Crippen molar-refractivity contribution in [2.75, 3.05) is 6.61 Å². The van der Waals surface area contributed by atoms with Gasteiger partial charge in [-0.05, 0) is 24.6 Å². The lowest BCUT2D eigenvalue weighted by Crippen LogP contribution is -2.25. The van der Waals surface area contributed by atoms with E-state index in [9.17, 15) is 13.9 Å². The fourth-order valence-corrected chi connectivity index (χ4v) is 1.10.